The maximum atomic E-state index is 12.6. The van der Waals surface area contributed by atoms with Crippen LogP contribution in [0.25, 0.3) is 5.95 Å². The fourth-order valence-electron chi connectivity index (χ4n) is 2.09. The van der Waals surface area contributed by atoms with E-state index in [9.17, 15) is 4.79 Å². The second-order valence-corrected chi connectivity index (χ2v) is 6.70. The van der Waals surface area contributed by atoms with Gasteiger partial charge in [-0.2, -0.15) is 14.8 Å². The van der Waals surface area contributed by atoms with Crippen LogP contribution in [-0.2, 0) is 0 Å². The lowest BCUT2D eigenvalue weighted by molar-refractivity contribution is 0.766. The molecule has 3 aromatic rings. The summed E-state index contributed by atoms with van der Waals surface area (Å²) in [5, 5.41) is 11.4. The SMILES string of the molecule is Cc1nc(-n2[nH]c(C)c(N=Nc3ccc(Br)cc3)c2=O)nc(Cl)c1C. The summed E-state index contributed by atoms with van der Waals surface area (Å²) in [5.74, 6) is 0.172. The molecule has 128 valence electrons. The highest BCUT2D eigenvalue weighted by molar-refractivity contribution is 9.10. The van der Waals surface area contributed by atoms with E-state index in [-0.39, 0.29) is 11.6 Å². The monoisotopic (exact) mass is 420 g/mol. The predicted molar refractivity (Wildman–Crippen MR) is 99.5 cm³/mol. The fraction of sp³-hybridized carbons (Fsp3) is 0.188. The molecule has 0 aliphatic rings. The second-order valence-electron chi connectivity index (χ2n) is 5.43. The third kappa shape index (κ3) is 3.54. The Kier molecular flexibility index (Phi) is 4.82. The Bertz CT molecular complexity index is 999. The third-order valence-corrected chi connectivity index (χ3v) is 4.55. The Morgan fingerprint density at radius 2 is 1.80 bits per heavy atom. The first-order valence-electron chi connectivity index (χ1n) is 7.37. The number of aromatic nitrogens is 4. The topological polar surface area (TPSA) is 88.3 Å². The van der Waals surface area contributed by atoms with Gasteiger partial charge >= 0.3 is 5.56 Å². The highest BCUT2D eigenvalue weighted by Crippen LogP contribution is 2.21. The zero-order chi connectivity index (χ0) is 18.1. The first-order chi connectivity index (χ1) is 11.9. The highest BCUT2D eigenvalue weighted by atomic mass is 79.9. The number of hydrogen-bond donors (Lipinski definition) is 1. The molecule has 3 rings (SSSR count). The summed E-state index contributed by atoms with van der Waals surface area (Å²) in [6, 6.07) is 7.28. The van der Waals surface area contributed by atoms with Crippen molar-refractivity contribution in [3.05, 3.63) is 61.2 Å². The molecule has 0 amide bonds. The number of azo groups is 1. The summed E-state index contributed by atoms with van der Waals surface area (Å²) < 4.78 is 2.15. The van der Waals surface area contributed by atoms with E-state index in [2.05, 4.69) is 41.2 Å². The third-order valence-electron chi connectivity index (χ3n) is 3.65. The molecule has 0 saturated carbocycles. The Hall–Kier alpha value is -2.32. The number of halogens is 2. The van der Waals surface area contributed by atoms with Gasteiger partial charge < -0.3 is 0 Å². The van der Waals surface area contributed by atoms with Crippen LogP contribution in [0.5, 0.6) is 0 Å². The number of aromatic amines is 1. The van der Waals surface area contributed by atoms with Gasteiger partial charge in [-0.25, -0.2) is 4.98 Å². The van der Waals surface area contributed by atoms with Gasteiger partial charge in [0.25, 0.3) is 5.95 Å². The van der Waals surface area contributed by atoms with Crippen molar-refractivity contribution < 1.29 is 0 Å². The molecule has 0 spiro atoms. The number of nitrogens with zero attached hydrogens (tertiary/aromatic N) is 5. The normalized spacial score (nSPS) is 11.4. The average molecular weight is 422 g/mol. The lowest BCUT2D eigenvalue weighted by Gasteiger charge is -2.05. The van der Waals surface area contributed by atoms with Gasteiger partial charge in [0.1, 0.15) is 5.15 Å². The van der Waals surface area contributed by atoms with E-state index in [0.717, 1.165) is 10.0 Å². The fourth-order valence-corrected chi connectivity index (χ4v) is 2.57. The molecule has 1 N–H and O–H groups in total. The van der Waals surface area contributed by atoms with Crippen molar-refractivity contribution in [3.8, 4) is 5.95 Å². The summed E-state index contributed by atoms with van der Waals surface area (Å²) in [5.41, 5.74) is 2.48. The molecule has 0 unspecified atom stereocenters. The van der Waals surface area contributed by atoms with Crippen molar-refractivity contribution in [2.24, 2.45) is 10.2 Å². The van der Waals surface area contributed by atoms with Crippen LogP contribution >= 0.6 is 27.5 Å². The standard InChI is InChI=1S/C16H14BrClN6O/c1-8-9(2)19-16(20-14(8)18)24-15(25)13(10(3)23-24)22-21-12-6-4-11(17)5-7-12/h4-7,23H,1-3H3. The Labute approximate surface area is 156 Å². The lowest BCUT2D eigenvalue weighted by atomic mass is 10.3. The first-order valence-corrected chi connectivity index (χ1v) is 8.54. The molecule has 0 aliphatic heterocycles. The van der Waals surface area contributed by atoms with E-state index >= 15 is 0 Å². The van der Waals surface area contributed by atoms with Crippen molar-refractivity contribution in [2.45, 2.75) is 20.8 Å². The summed E-state index contributed by atoms with van der Waals surface area (Å²) >= 11 is 9.45. The van der Waals surface area contributed by atoms with Crippen molar-refractivity contribution in [1.29, 1.82) is 0 Å². The Morgan fingerprint density at radius 1 is 1.12 bits per heavy atom. The molecular formula is C16H14BrClN6O. The van der Waals surface area contributed by atoms with E-state index in [1.165, 1.54) is 4.68 Å². The van der Waals surface area contributed by atoms with Gasteiger partial charge in [-0.05, 0) is 45.0 Å². The number of rotatable bonds is 3. The van der Waals surface area contributed by atoms with Crippen LogP contribution in [0.4, 0.5) is 11.4 Å². The van der Waals surface area contributed by atoms with Gasteiger partial charge in [0, 0.05) is 15.7 Å². The molecule has 0 saturated heterocycles. The molecule has 0 atom stereocenters. The van der Waals surface area contributed by atoms with Gasteiger partial charge in [-0.3, -0.25) is 9.89 Å². The molecule has 2 heterocycles. The minimum Gasteiger partial charge on any atom is -0.290 e. The number of aryl methyl sites for hydroxylation is 2. The van der Waals surface area contributed by atoms with E-state index in [4.69, 9.17) is 11.6 Å². The molecule has 7 nitrogen and oxygen atoms in total. The van der Waals surface area contributed by atoms with Crippen LogP contribution in [-0.4, -0.2) is 19.7 Å². The molecule has 0 fully saturated rings. The van der Waals surface area contributed by atoms with Gasteiger partial charge in [0.05, 0.1) is 11.4 Å². The minimum absolute atomic E-state index is 0.172. The quantitative estimate of drug-likeness (QED) is 0.490. The number of benzene rings is 1. The Morgan fingerprint density at radius 3 is 2.44 bits per heavy atom. The summed E-state index contributed by atoms with van der Waals surface area (Å²) in [7, 11) is 0. The second kappa shape index (κ2) is 6.89. The predicted octanol–water partition coefficient (Wildman–Crippen LogP) is 4.71. The summed E-state index contributed by atoms with van der Waals surface area (Å²) in [6.45, 7) is 5.36. The lowest BCUT2D eigenvalue weighted by Crippen LogP contribution is -2.18. The van der Waals surface area contributed by atoms with Crippen molar-refractivity contribution >= 4 is 38.9 Å². The van der Waals surface area contributed by atoms with Crippen LogP contribution in [0.15, 0.2) is 43.8 Å². The summed E-state index contributed by atoms with van der Waals surface area (Å²) in [4.78, 5) is 21.1. The first kappa shape index (κ1) is 17.5. The van der Waals surface area contributed by atoms with Crippen LogP contribution in [0, 0.1) is 20.8 Å². The van der Waals surface area contributed by atoms with E-state index in [0.29, 0.717) is 22.2 Å². The van der Waals surface area contributed by atoms with Gasteiger partial charge in [-0.15, -0.1) is 5.11 Å². The largest absolute Gasteiger partial charge is 0.301 e. The van der Waals surface area contributed by atoms with E-state index in [1.807, 2.05) is 19.1 Å². The zero-order valence-corrected chi connectivity index (χ0v) is 16.1. The van der Waals surface area contributed by atoms with Crippen LogP contribution in [0.2, 0.25) is 5.15 Å². The molecule has 0 radical (unpaired) electrons. The molecule has 9 heteroatoms. The molecule has 0 bridgehead atoms. The highest BCUT2D eigenvalue weighted by Gasteiger charge is 2.16. The maximum absolute atomic E-state index is 12.6. The number of hydrogen-bond acceptors (Lipinski definition) is 5. The molecule has 1 aromatic carbocycles. The maximum Gasteiger partial charge on any atom is 0.301 e. The smallest absolute Gasteiger partial charge is 0.290 e. The molecular weight excluding hydrogens is 408 g/mol. The van der Waals surface area contributed by atoms with Crippen molar-refractivity contribution in [2.75, 3.05) is 0 Å². The van der Waals surface area contributed by atoms with E-state index in [1.54, 1.807) is 26.0 Å². The van der Waals surface area contributed by atoms with Gasteiger partial charge in [0.2, 0.25) is 0 Å². The van der Waals surface area contributed by atoms with Crippen LogP contribution in [0.1, 0.15) is 17.0 Å². The van der Waals surface area contributed by atoms with Gasteiger partial charge in [0.15, 0.2) is 5.69 Å². The minimum atomic E-state index is -0.391. The number of H-pyrrole nitrogens is 1. The van der Waals surface area contributed by atoms with Crippen LogP contribution in [0.3, 0.4) is 0 Å². The molecule has 0 aliphatic carbocycles. The average Bonchev–Trinajstić information content (AvgIpc) is 2.86. The van der Waals surface area contributed by atoms with Crippen molar-refractivity contribution in [3.63, 3.8) is 0 Å². The Balaban J connectivity index is 2.02. The van der Waals surface area contributed by atoms with Crippen LogP contribution < -0.4 is 5.56 Å². The zero-order valence-electron chi connectivity index (χ0n) is 13.7. The van der Waals surface area contributed by atoms with Gasteiger partial charge in [-0.1, -0.05) is 27.5 Å². The molecule has 2 aromatic heterocycles. The van der Waals surface area contributed by atoms with E-state index < -0.39 is 5.56 Å². The van der Waals surface area contributed by atoms with Crippen molar-refractivity contribution in [1.82, 2.24) is 19.7 Å². The summed E-state index contributed by atoms with van der Waals surface area (Å²) in [6.07, 6.45) is 0. The number of nitrogens with one attached hydrogen (secondary N) is 1. The molecule has 25 heavy (non-hydrogen) atoms.